The van der Waals surface area contributed by atoms with Crippen LogP contribution < -0.4 is 0 Å². The molecule has 1 unspecified atom stereocenters. The zero-order chi connectivity index (χ0) is 12.9. The normalized spacial score (nSPS) is 23.9. The maximum absolute atomic E-state index is 11.3. The van der Waals surface area contributed by atoms with Gasteiger partial charge in [-0.2, -0.15) is 0 Å². The molecule has 0 aromatic rings. The number of aldehydes is 1. The van der Waals surface area contributed by atoms with E-state index < -0.39 is 0 Å². The van der Waals surface area contributed by atoms with E-state index in [1.165, 1.54) is 12.7 Å². The van der Waals surface area contributed by atoms with Crippen molar-refractivity contribution in [2.75, 3.05) is 33.2 Å². The average molecular weight is 240 g/mol. The van der Waals surface area contributed by atoms with Crippen LogP contribution in [0.4, 0.5) is 0 Å². The summed E-state index contributed by atoms with van der Waals surface area (Å²) in [7, 11) is 2.21. The number of carbonyl (C=O) groups excluding carboxylic acids is 1. The van der Waals surface area contributed by atoms with E-state index in [1.54, 1.807) is 0 Å². The van der Waals surface area contributed by atoms with Crippen LogP contribution in [-0.2, 0) is 4.79 Å². The molecule has 3 heteroatoms. The largest absolute Gasteiger partial charge is 0.303 e. The van der Waals surface area contributed by atoms with Crippen LogP contribution in [0.5, 0.6) is 0 Å². The lowest BCUT2D eigenvalue weighted by atomic mass is 9.83. The van der Waals surface area contributed by atoms with E-state index in [4.69, 9.17) is 0 Å². The Kier molecular flexibility index (Phi) is 5.60. The maximum Gasteiger partial charge on any atom is 0.127 e. The van der Waals surface area contributed by atoms with Gasteiger partial charge in [-0.3, -0.25) is 4.90 Å². The van der Waals surface area contributed by atoms with Crippen LogP contribution in [-0.4, -0.2) is 55.4 Å². The van der Waals surface area contributed by atoms with E-state index in [9.17, 15) is 4.79 Å². The predicted molar refractivity (Wildman–Crippen MR) is 72.2 cm³/mol. The zero-order valence-corrected chi connectivity index (χ0v) is 11.9. The molecule has 0 saturated carbocycles. The Bertz CT molecular complexity index is 238. The highest BCUT2D eigenvalue weighted by atomic mass is 16.1. The van der Waals surface area contributed by atoms with Crippen LogP contribution >= 0.6 is 0 Å². The molecule has 0 amide bonds. The number of likely N-dealkylation sites (N-methyl/N-ethyl adjacent to an activating group) is 1. The van der Waals surface area contributed by atoms with E-state index in [0.717, 1.165) is 39.0 Å². The van der Waals surface area contributed by atoms with E-state index in [-0.39, 0.29) is 5.41 Å². The Hall–Kier alpha value is -0.410. The highest BCUT2D eigenvalue weighted by molar-refractivity contribution is 5.59. The molecule has 0 radical (unpaired) electrons. The number of piperazine rings is 1. The van der Waals surface area contributed by atoms with Crippen LogP contribution in [0.15, 0.2) is 0 Å². The van der Waals surface area contributed by atoms with Gasteiger partial charge in [-0.1, -0.05) is 20.8 Å². The van der Waals surface area contributed by atoms with Crippen molar-refractivity contribution in [1.29, 1.82) is 0 Å². The molecule has 1 heterocycles. The summed E-state index contributed by atoms with van der Waals surface area (Å²) in [5.74, 6) is 0. The lowest BCUT2D eigenvalue weighted by Gasteiger charge is -2.42. The van der Waals surface area contributed by atoms with E-state index >= 15 is 0 Å². The average Bonchev–Trinajstić information content (AvgIpc) is 2.38. The molecule has 17 heavy (non-hydrogen) atoms. The predicted octanol–water partition coefficient (Wildman–Crippen LogP) is 2.02. The number of hydrogen-bond donors (Lipinski definition) is 0. The fourth-order valence-corrected chi connectivity index (χ4v) is 2.72. The second-order valence-electron chi connectivity index (χ2n) is 5.47. The van der Waals surface area contributed by atoms with Crippen molar-refractivity contribution in [2.45, 2.75) is 46.1 Å². The summed E-state index contributed by atoms with van der Waals surface area (Å²) in [6, 6.07) is 0.654. The third-order valence-electron chi connectivity index (χ3n) is 4.53. The Labute approximate surface area is 106 Å². The molecular formula is C14H28N2O. The van der Waals surface area contributed by atoms with Crippen LogP contribution in [0.2, 0.25) is 0 Å². The first-order chi connectivity index (χ1) is 8.10. The molecule has 100 valence electrons. The molecule has 0 N–H and O–H groups in total. The van der Waals surface area contributed by atoms with Crippen molar-refractivity contribution in [2.24, 2.45) is 5.41 Å². The monoisotopic (exact) mass is 240 g/mol. The molecule has 0 aliphatic carbocycles. The van der Waals surface area contributed by atoms with Gasteiger partial charge in [-0.25, -0.2) is 0 Å². The third-order valence-corrected chi connectivity index (χ3v) is 4.53. The van der Waals surface area contributed by atoms with Crippen molar-refractivity contribution < 1.29 is 4.79 Å². The van der Waals surface area contributed by atoms with E-state index in [1.807, 2.05) is 0 Å². The van der Waals surface area contributed by atoms with Crippen LogP contribution in [0.1, 0.15) is 40.0 Å². The van der Waals surface area contributed by atoms with Crippen molar-refractivity contribution in [3.05, 3.63) is 0 Å². The smallest absolute Gasteiger partial charge is 0.127 e. The molecule has 1 fully saturated rings. The van der Waals surface area contributed by atoms with Crippen molar-refractivity contribution in [1.82, 2.24) is 9.80 Å². The highest BCUT2D eigenvalue weighted by Gasteiger charge is 2.31. The van der Waals surface area contributed by atoms with Gasteiger partial charge in [-0.15, -0.1) is 0 Å². The fourth-order valence-electron chi connectivity index (χ4n) is 2.72. The number of rotatable bonds is 6. The SMILES string of the molecule is CCC1CN(CC(C=O)(CC)CC)CCN1C. The van der Waals surface area contributed by atoms with Crippen molar-refractivity contribution >= 4 is 6.29 Å². The molecular weight excluding hydrogens is 212 g/mol. The minimum atomic E-state index is -0.117. The Morgan fingerprint density at radius 1 is 1.24 bits per heavy atom. The van der Waals surface area contributed by atoms with Gasteiger partial charge >= 0.3 is 0 Å². The van der Waals surface area contributed by atoms with Gasteiger partial charge in [0, 0.05) is 37.6 Å². The molecule has 1 atom stereocenters. The highest BCUT2D eigenvalue weighted by Crippen LogP contribution is 2.26. The molecule has 1 aliphatic heterocycles. The topological polar surface area (TPSA) is 23.6 Å². The quantitative estimate of drug-likeness (QED) is 0.664. The van der Waals surface area contributed by atoms with E-state index in [0.29, 0.717) is 6.04 Å². The van der Waals surface area contributed by atoms with Crippen molar-refractivity contribution in [3.8, 4) is 0 Å². The Morgan fingerprint density at radius 3 is 2.35 bits per heavy atom. The summed E-state index contributed by atoms with van der Waals surface area (Å²) in [6.45, 7) is 10.8. The summed E-state index contributed by atoms with van der Waals surface area (Å²) in [5.41, 5.74) is -0.117. The molecule has 3 nitrogen and oxygen atoms in total. The van der Waals surface area contributed by atoms with Gasteiger partial charge in [0.1, 0.15) is 6.29 Å². The Balaban J connectivity index is 2.59. The minimum Gasteiger partial charge on any atom is -0.303 e. The first kappa shape index (κ1) is 14.7. The first-order valence-electron chi connectivity index (χ1n) is 6.99. The summed E-state index contributed by atoms with van der Waals surface area (Å²) in [4.78, 5) is 16.3. The lowest BCUT2D eigenvalue weighted by molar-refractivity contribution is -0.118. The van der Waals surface area contributed by atoms with Gasteiger partial charge in [0.15, 0.2) is 0 Å². The zero-order valence-electron chi connectivity index (χ0n) is 11.9. The van der Waals surface area contributed by atoms with Gasteiger partial charge in [0.2, 0.25) is 0 Å². The summed E-state index contributed by atoms with van der Waals surface area (Å²) >= 11 is 0. The molecule has 0 aromatic heterocycles. The number of hydrogen-bond acceptors (Lipinski definition) is 3. The van der Waals surface area contributed by atoms with Gasteiger partial charge in [-0.05, 0) is 26.3 Å². The molecule has 1 rings (SSSR count). The standard InChI is InChI=1S/C14H28N2O/c1-5-13-10-16(9-8-15(13)4)11-14(6-2,7-3)12-17/h12-13H,5-11H2,1-4H3. The van der Waals surface area contributed by atoms with Crippen molar-refractivity contribution in [3.63, 3.8) is 0 Å². The minimum absolute atomic E-state index is 0.117. The van der Waals surface area contributed by atoms with Crippen LogP contribution in [0, 0.1) is 5.41 Å². The van der Waals surface area contributed by atoms with Gasteiger partial charge in [0.25, 0.3) is 0 Å². The molecule has 0 spiro atoms. The van der Waals surface area contributed by atoms with Gasteiger partial charge in [0.05, 0.1) is 0 Å². The van der Waals surface area contributed by atoms with Crippen LogP contribution in [0.25, 0.3) is 0 Å². The summed E-state index contributed by atoms with van der Waals surface area (Å²) in [6.07, 6.45) is 4.29. The van der Waals surface area contributed by atoms with Crippen LogP contribution in [0.3, 0.4) is 0 Å². The Morgan fingerprint density at radius 2 is 1.88 bits per heavy atom. The summed E-state index contributed by atoms with van der Waals surface area (Å²) < 4.78 is 0. The molecule has 0 bridgehead atoms. The molecule has 1 saturated heterocycles. The number of nitrogens with zero attached hydrogens (tertiary/aromatic N) is 2. The fraction of sp³-hybridized carbons (Fsp3) is 0.929. The number of carbonyl (C=O) groups is 1. The van der Waals surface area contributed by atoms with E-state index in [2.05, 4.69) is 37.6 Å². The first-order valence-corrected chi connectivity index (χ1v) is 6.99. The second kappa shape index (κ2) is 6.50. The second-order valence-corrected chi connectivity index (χ2v) is 5.47. The molecule has 0 aromatic carbocycles. The third kappa shape index (κ3) is 3.52. The molecule has 1 aliphatic rings. The summed E-state index contributed by atoms with van der Waals surface area (Å²) in [5, 5.41) is 0. The van der Waals surface area contributed by atoms with Gasteiger partial charge < -0.3 is 9.69 Å². The maximum atomic E-state index is 11.3. The lowest BCUT2D eigenvalue weighted by Crippen LogP contribution is -2.53.